The number of aromatic nitrogens is 3. The Balaban J connectivity index is 1.77. The van der Waals surface area contributed by atoms with Crippen LogP contribution in [0.3, 0.4) is 0 Å². The number of hydrogen-bond donors (Lipinski definition) is 0. The number of aryl methyl sites for hydroxylation is 1. The van der Waals surface area contributed by atoms with Crippen LogP contribution >= 0.6 is 11.8 Å². The minimum Gasteiger partial charge on any atom is -0.315 e. The predicted molar refractivity (Wildman–Crippen MR) is 106 cm³/mol. The molecule has 0 spiro atoms. The summed E-state index contributed by atoms with van der Waals surface area (Å²) < 4.78 is 1.94. The zero-order valence-corrected chi connectivity index (χ0v) is 16.2. The van der Waals surface area contributed by atoms with E-state index in [1.165, 1.54) is 11.8 Å². The molecular formula is C20H22N4OS. The molecule has 1 atom stereocenters. The normalized spacial score (nSPS) is 12.0. The molecule has 5 nitrogen and oxygen atoms in total. The molecule has 2 aromatic carbocycles. The van der Waals surface area contributed by atoms with E-state index in [0.29, 0.717) is 0 Å². The first-order valence-corrected chi connectivity index (χ1v) is 9.31. The summed E-state index contributed by atoms with van der Waals surface area (Å²) in [4.78, 5) is 14.4. The molecule has 134 valence electrons. The molecule has 0 N–H and O–H groups in total. The maximum Gasteiger partial charge on any atom is 0.240 e. The van der Waals surface area contributed by atoms with Gasteiger partial charge in [-0.25, -0.2) is 0 Å². The van der Waals surface area contributed by atoms with Gasteiger partial charge in [0.1, 0.15) is 0 Å². The minimum absolute atomic E-state index is 0.0293. The van der Waals surface area contributed by atoms with Gasteiger partial charge < -0.3 is 9.47 Å². The summed E-state index contributed by atoms with van der Waals surface area (Å²) in [5.74, 6) is 0.836. The van der Waals surface area contributed by atoms with Gasteiger partial charge in [0.15, 0.2) is 11.0 Å². The summed E-state index contributed by atoms with van der Waals surface area (Å²) in [7, 11) is 3.73. The average Bonchev–Trinajstić information content (AvgIpc) is 3.02. The molecule has 1 unspecified atom stereocenters. The van der Waals surface area contributed by atoms with Gasteiger partial charge in [-0.05, 0) is 31.5 Å². The standard InChI is InChI=1S/C20H22N4OS/c1-14-10-8-9-13-17(14)18-21-22-20(24(18)4)26-15(2)19(25)23(3)16-11-6-5-7-12-16/h5-13,15H,1-4H3. The lowest BCUT2D eigenvalue weighted by Crippen LogP contribution is -2.33. The Bertz CT molecular complexity index is 907. The average molecular weight is 366 g/mol. The van der Waals surface area contributed by atoms with Crippen molar-refractivity contribution in [1.29, 1.82) is 0 Å². The summed E-state index contributed by atoms with van der Waals surface area (Å²) in [5.41, 5.74) is 3.07. The number of hydrogen-bond acceptors (Lipinski definition) is 4. The van der Waals surface area contributed by atoms with Crippen molar-refractivity contribution in [2.24, 2.45) is 7.05 Å². The van der Waals surface area contributed by atoms with Crippen LogP contribution in [0.1, 0.15) is 12.5 Å². The number of carbonyl (C=O) groups excluding carboxylic acids is 1. The van der Waals surface area contributed by atoms with E-state index in [1.807, 2.05) is 67.1 Å². The van der Waals surface area contributed by atoms with Gasteiger partial charge in [0.25, 0.3) is 0 Å². The molecule has 0 fully saturated rings. The fraction of sp³-hybridized carbons (Fsp3) is 0.250. The minimum atomic E-state index is -0.271. The van der Waals surface area contributed by atoms with E-state index in [0.717, 1.165) is 27.8 Å². The Labute approximate surface area is 158 Å². The van der Waals surface area contributed by atoms with Crippen molar-refractivity contribution in [2.75, 3.05) is 11.9 Å². The Hall–Kier alpha value is -2.60. The number of nitrogens with zero attached hydrogens (tertiary/aromatic N) is 4. The Kier molecular flexibility index (Phi) is 5.42. The van der Waals surface area contributed by atoms with E-state index >= 15 is 0 Å². The zero-order valence-electron chi connectivity index (χ0n) is 15.4. The molecule has 0 saturated heterocycles. The van der Waals surface area contributed by atoms with Crippen molar-refractivity contribution >= 4 is 23.4 Å². The van der Waals surface area contributed by atoms with Crippen LogP contribution in [0.5, 0.6) is 0 Å². The Morgan fingerprint density at radius 1 is 1.08 bits per heavy atom. The van der Waals surface area contributed by atoms with Crippen LogP contribution in [-0.2, 0) is 11.8 Å². The van der Waals surface area contributed by atoms with Crippen LogP contribution < -0.4 is 4.90 Å². The van der Waals surface area contributed by atoms with E-state index < -0.39 is 0 Å². The second-order valence-electron chi connectivity index (χ2n) is 6.17. The number of thioether (sulfide) groups is 1. The molecule has 1 aromatic heterocycles. The Morgan fingerprint density at radius 3 is 2.42 bits per heavy atom. The summed E-state index contributed by atoms with van der Waals surface area (Å²) in [6.45, 7) is 3.95. The van der Waals surface area contributed by atoms with E-state index in [2.05, 4.69) is 23.2 Å². The highest BCUT2D eigenvalue weighted by Gasteiger charge is 2.23. The summed E-state index contributed by atoms with van der Waals surface area (Å²) in [6, 6.07) is 17.7. The smallest absolute Gasteiger partial charge is 0.240 e. The van der Waals surface area contributed by atoms with E-state index in [-0.39, 0.29) is 11.2 Å². The highest BCUT2D eigenvalue weighted by atomic mass is 32.2. The third-order valence-corrected chi connectivity index (χ3v) is 5.45. The van der Waals surface area contributed by atoms with Crippen molar-refractivity contribution in [3.05, 3.63) is 60.2 Å². The molecule has 0 radical (unpaired) electrons. The molecule has 0 bridgehead atoms. The van der Waals surface area contributed by atoms with Crippen LogP contribution in [0.4, 0.5) is 5.69 Å². The molecule has 3 rings (SSSR count). The van der Waals surface area contributed by atoms with Crippen LogP contribution in [-0.4, -0.2) is 33.0 Å². The van der Waals surface area contributed by atoms with Crippen LogP contribution in [0.15, 0.2) is 59.8 Å². The van der Waals surface area contributed by atoms with Gasteiger partial charge in [-0.1, -0.05) is 54.2 Å². The molecular weight excluding hydrogens is 344 g/mol. The highest BCUT2D eigenvalue weighted by Crippen LogP contribution is 2.28. The van der Waals surface area contributed by atoms with Gasteiger partial charge in [-0.2, -0.15) is 0 Å². The van der Waals surface area contributed by atoms with Gasteiger partial charge in [-0.15, -0.1) is 10.2 Å². The molecule has 0 aliphatic heterocycles. The topological polar surface area (TPSA) is 51.0 Å². The predicted octanol–water partition coefficient (Wildman–Crippen LogP) is 3.93. The number of carbonyl (C=O) groups is 1. The van der Waals surface area contributed by atoms with Crippen LogP contribution in [0.25, 0.3) is 11.4 Å². The van der Waals surface area contributed by atoms with Crippen molar-refractivity contribution in [3.63, 3.8) is 0 Å². The zero-order chi connectivity index (χ0) is 18.7. The second-order valence-corrected chi connectivity index (χ2v) is 7.48. The lowest BCUT2D eigenvalue weighted by atomic mass is 10.1. The summed E-state index contributed by atoms with van der Waals surface area (Å²) in [6.07, 6.45) is 0. The van der Waals surface area contributed by atoms with Gasteiger partial charge in [0.05, 0.1) is 5.25 Å². The number of amides is 1. The maximum atomic E-state index is 12.7. The molecule has 0 saturated carbocycles. The largest absolute Gasteiger partial charge is 0.315 e. The summed E-state index contributed by atoms with van der Waals surface area (Å²) >= 11 is 1.42. The molecule has 6 heteroatoms. The van der Waals surface area contributed by atoms with Crippen molar-refractivity contribution < 1.29 is 4.79 Å². The fourth-order valence-corrected chi connectivity index (χ4v) is 3.64. The third kappa shape index (κ3) is 3.65. The number of benzene rings is 2. The van der Waals surface area contributed by atoms with Gasteiger partial charge in [-0.3, -0.25) is 4.79 Å². The first kappa shape index (κ1) is 18.2. The first-order chi connectivity index (χ1) is 12.5. The molecule has 1 heterocycles. The van der Waals surface area contributed by atoms with Gasteiger partial charge >= 0.3 is 0 Å². The van der Waals surface area contributed by atoms with Gasteiger partial charge in [0.2, 0.25) is 5.91 Å². The van der Waals surface area contributed by atoms with E-state index in [4.69, 9.17) is 0 Å². The highest BCUT2D eigenvalue weighted by molar-refractivity contribution is 8.00. The second kappa shape index (κ2) is 7.74. The molecule has 0 aliphatic carbocycles. The third-order valence-electron chi connectivity index (χ3n) is 4.32. The molecule has 0 aliphatic rings. The van der Waals surface area contributed by atoms with Crippen molar-refractivity contribution in [1.82, 2.24) is 14.8 Å². The number of para-hydroxylation sites is 1. The Morgan fingerprint density at radius 2 is 1.73 bits per heavy atom. The van der Waals surface area contributed by atoms with Crippen LogP contribution in [0, 0.1) is 6.92 Å². The first-order valence-electron chi connectivity index (χ1n) is 8.43. The molecule has 1 amide bonds. The SMILES string of the molecule is Cc1ccccc1-c1nnc(SC(C)C(=O)N(C)c2ccccc2)n1C. The molecule has 3 aromatic rings. The van der Waals surface area contributed by atoms with E-state index in [1.54, 1.807) is 11.9 Å². The van der Waals surface area contributed by atoms with Crippen LogP contribution in [0.2, 0.25) is 0 Å². The van der Waals surface area contributed by atoms with Crippen molar-refractivity contribution in [2.45, 2.75) is 24.3 Å². The number of rotatable bonds is 5. The summed E-state index contributed by atoms with van der Waals surface area (Å²) in [5, 5.41) is 9.08. The maximum absolute atomic E-state index is 12.7. The fourth-order valence-electron chi connectivity index (χ4n) is 2.74. The quantitative estimate of drug-likeness (QED) is 0.642. The monoisotopic (exact) mass is 366 g/mol. The van der Waals surface area contributed by atoms with Crippen molar-refractivity contribution in [3.8, 4) is 11.4 Å². The van der Waals surface area contributed by atoms with Gasteiger partial charge in [0, 0.05) is 25.3 Å². The van der Waals surface area contributed by atoms with E-state index in [9.17, 15) is 4.79 Å². The lowest BCUT2D eigenvalue weighted by Gasteiger charge is -2.20. The number of anilines is 1. The lowest BCUT2D eigenvalue weighted by molar-refractivity contribution is -0.117. The molecule has 26 heavy (non-hydrogen) atoms.